The number of pyridine rings is 1. The van der Waals surface area contributed by atoms with Crippen molar-refractivity contribution in [3.05, 3.63) is 29.2 Å². The summed E-state index contributed by atoms with van der Waals surface area (Å²) in [6, 6.07) is 2.39. The number of halogens is 5. The van der Waals surface area contributed by atoms with Gasteiger partial charge >= 0.3 is 12.1 Å². The number of carbonyl (C=O) groups is 1. The largest absolute Gasteiger partial charge is 0.618 e. The van der Waals surface area contributed by atoms with E-state index >= 15 is 0 Å². The topological polar surface area (TPSA) is 56.5 Å². The quantitative estimate of drug-likeness (QED) is 0.448. The van der Waals surface area contributed by atoms with Gasteiger partial charge in [0.2, 0.25) is 0 Å². The number of fused-ring (bicyclic) bond motifs is 1. The van der Waals surface area contributed by atoms with Gasteiger partial charge in [0.15, 0.2) is 18.1 Å². The molecule has 1 aromatic rings. The molecule has 10 heteroatoms. The third-order valence-corrected chi connectivity index (χ3v) is 3.11. The fraction of sp³-hybridized carbons (Fsp3) is 0.500. The molecule has 1 aliphatic heterocycles. The van der Waals surface area contributed by atoms with Crippen molar-refractivity contribution in [2.75, 3.05) is 6.54 Å². The smallest absolute Gasteiger partial charge is 0.471 e. The van der Waals surface area contributed by atoms with Crippen molar-refractivity contribution < 1.29 is 36.2 Å². The lowest BCUT2D eigenvalue weighted by atomic mass is 10.2. The average Bonchev–Trinajstić information content (AvgIpc) is 2.56. The van der Waals surface area contributed by atoms with E-state index in [1.165, 1.54) is 12.1 Å². The van der Waals surface area contributed by atoms with Crippen molar-refractivity contribution in [2.45, 2.75) is 31.7 Å². The SMILES string of the molecule is CC(F)(F)[C@@H]1CN(C(=O)C(F)(F)F)Cc2c(ccc[n+]2[O-])O1. The molecule has 0 bridgehead atoms. The van der Waals surface area contributed by atoms with E-state index in [-0.39, 0.29) is 21.1 Å². The molecule has 1 aromatic heterocycles. The molecule has 1 amide bonds. The summed E-state index contributed by atoms with van der Waals surface area (Å²) in [5, 5.41) is 11.6. The van der Waals surface area contributed by atoms with E-state index in [0.29, 0.717) is 6.92 Å². The van der Waals surface area contributed by atoms with Gasteiger partial charge in [-0.05, 0) is 6.07 Å². The molecule has 0 spiro atoms. The second kappa shape index (κ2) is 5.25. The monoisotopic (exact) mass is 326 g/mol. The molecule has 0 aromatic carbocycles. The van der Waals surface area contributed by atoms with E-state index in [9.17, 15) is 32.0 Å². The highest BCUT2D eigenvalue weighted by atomic mass is 19.4. The lowest BCUT2D eigenvalue weighted by molar-refractivity contribution is -0.615. The highest BCUT2D eigenvalue weighted by Crippen LogP contribution is 2.31. The lowest BCUT2D eigenvalue weighted by Gasteiger charge is -2.27. The molecule has 5 nitrogen and oxygen atoms in total. The number of rotatable bonds is 1. The molecule has 0 aliphatic carbocycles. The molecular formula is C12H11F5N2O3. The fourth-order valence-electron chi connectivity index (χ4n) is 1.99. The van der Waals surface area contributed by atoms with Gasteiger partial charge in [-0.2, -0.15) is 17.9 Å². The Kier molecular flexibility index (Phi) is 3.88. The molecule has 0 radical (unpaired) electrons. The number of carbonyl (C=O) groups excluding carboxylic acids is 1. The van der Waals surface area contributed by atoms with Gasteiger partial charge in [0.25, 0.3) is 11.6 Å². The van der Waals surface area contributed by atoms with Gasteiger partial charge in [0, 0.05) is 13.0 Å². The van der Waals surface area contributed by atoms with E-state index in [2.05, 4.69) is 0 Å². The molecule has 0 N–H and O–H groups in total. The molecule has 0 saturated heterocycles. The Balaban J connectivity index is 2.45. The van der Waals surface area contributed by atoms with Gasteiger partial charge in [0.1, 0.15) is 6.54 Å². The van der Waals surface area contributed by atoms with Gasteiger partial charge < -0.3 is 14.8 Å². The summed E-state index contributed by atoms with van der Waals surface area (Å²) in [5.74, 6) is -6.08. The standard InChI is InChI=1S/C12H11F5N2O3/c1-11(13,14)9-6-18(10(20)12(15,16)17)5-7-8(22-9)3-2-4-19(7)21/h2-4,9H,5-6H2,1H3/t9-/m0/s1. The van der Waals surface area contributed by atoms with Crippen molar-refractivity contribution in [2.24, 2.45) is 0 Å². The van der Waals surface area contributed by atoms with E-state index in [1.807, 2.05) is 0 Å². The van der Waals surface area contributed by atoms with Crippen LogP contribution in [0.25, 0.3) is 0 Å². The zero-order chi connectivity index (χ0) is 16.7. The van der Waals surface area contributed by atoms with Gasteiger partial charge in [-0.1, -0.05) is 0 Å². The zero-order valence-electron chi connectivity index (χ0n) is 11.2. The molecular weight excluding hydrogens is 315 g/mol. The van der Waals surface area contributed by atoms with Crippen molar-refractivity contribution in [3.8, 4) is 5.75 Å². The van der Waals surface area contributed by atoms with Crippen LogP contribution in [0.2, 0.25) is 0 Å². The van der Waals surface area contributed by atoms with Crippen molar-refractivity contribution in [3.63, 3.8) is 0 Å². The maximum Gasteiger partial charge on any atom is 0.471 e. The summed E-state index contributed by atoms with van der Waals surface area (Å²) >= 11 is 0. The molecule has 1 aliphatic rings. The normalized spacial score (nSPS) is 19.2. The number of amides is 1. The lowest BCUT2D eigenvalue weighted by Crippen LogP contribution is -2.49. The first-order valence-corrected chi connectivity index (χ1v) is 6.12. The Morgan fingerprint density at radius 2 is 2.05 bits per heavy atom. The van der Waals surface area contributed by atoms with Gasteiger partial charge in [-0.3, -0.25) is 4.79 Å². The third-order valence-electron chi connectivity index (χ3n) is 3.11. The number of hydrogen-bond acceptors (Lipinski definition) is 3. The van der Waals surface area contributed by atoms with Crippen LogP contribution < -0.4 is 9.47 Å². The number of nitrogens with zero attached hydrogens (tertiary/aromatic N) is 2. The predicted octanol–water partition coefficient (Wildman–Crippen LogP) is 1.63. The van der Waals surface area contributed by atoms with Crippen LogP contribution in [0, 0.1) is 5.21 Å². The van der Waals surface area contributed by atoms with Crippen LogP contribution in [0.15, 0.2) is 18.3 Å². The number of alkyl halides is 5. The van der Waals surface area contributed by atoms with E-state index in [0.717, 1.165) is 6.20 Å². The average molecular weight is 326 g/mol. The molecule has 0 saturated carbocycles. The summed E-state index contributed by atoms with van der Waals surface area (Å²) in [6.45, 7) is -1.30. The number of ether oxygens (including phenoxy) is 1. The van der Waals surface area contributed by atoms with Crippen molar-refractivity contribution >= 4 is 5.91 Å². The molecule has 122 valence electrons. The second-order valence-corrected chi connectivity index (χ2v) is 4.89. The fourth-order valence-corrected chi connectivity index (χ4v) is 1.99. The minimum Gasteiger partial charge on any atom is -0.618 e. The Morgan fingerprint density at radius 3 is 2.59 bits per heavy atom. The zero-order valence-corrected chi connectivity index (χ0v) is 11.2. The number of aromatic nitrogens is 1. The van der Waals surface area contributed by atoms with E-state index in [4.69, 9.17) is 4.74 Å². The first-order valence-electron chi connectivity index (χ1n) is 6.12. The van der Waals surface area contributed by atoms with Crippen LogP contribution in [0.1, 0.15) is 12.6 Å². The van der Waals surface area contributed by atoms with E-state index in [1.54, 1.807) is 0 Å². The molecule has 2 heterocycles. The van der Waals surface area contributed by atoms with Gasteiger partial charge in [0.05, 0.1) is 6.54 Å². The van der Waals surface area contributed by atoms with Gasteiger partial charge in [-0.25, -0.2) is 8.78 Å². The Labute approximate surface area is 121 Å². The second-order valence-electron chi connectivity index (χ2n) is 4.89. The highest BCUT2D eigenvalue weighted by Gasteiger charge is 2.48. The van der Waals surface area contributed by atoms with Crippen LogP contribution in [-0.2, 0) is 11.3 Å². The van der Waals surface area contributed by atoms with Crippen LogP contribution in [0.5, 0.6) is 5.75 Å². The van der Waals surface area contributed by atoms with E-state index < -0.39 is 37.2 Å². The summed E-state index contributed by atoms with van der Waals surface area (Å²) in [5.41, 5.74) is -0.341. The molecule has 22 heavy (non-hydrogen) atoms. The van der Waals surface area contributed by atoms with Gasteiger partial charge in [-0.15, -0.1) is 0 Å². The summed E-state index contributed by atoms with van der Waals surface area (Å²) in [4.78, 5) is 11.5. The third kappa shape index (κ3) is 3.20. The minimum absolute atomic E-state index is 0.141. The van der Waals surface area contributed by atoms with Crippen LogP contribution in [0.3, 0.4) is 0 Å². The predicted molar refractivity (Wildman–Crippen MR) is 61.9 cm³/mol. The Hall–Kier alpha value is -2.13. The Bertz CT molecular complexity index is 585. The summed E-state index contributed by atoms with van der Waals surface area (Å²) < 4.78 is 69.8. The first-order chi connectivity index (χ1) is 10.00. The first kappa shape index (κ1) is 16.2. The van der Waals surface area contributed by atoms with Crippen molar-refractivity contribution in [1.82, 2.24) is 4.90 Å². The minimum atomic E-state index is -5.24. The Morgan fingerprint density at radius 1 is 1.41 bits per heavy atom. The summed E-state index contributed by atoms with van der Waals surface area (Å²) in [7, 11) is 0. The summed E-state index contributed by atoms with van der Waals surface area (Å²) in [6.07, 6.45) is -6.26. The maximum absolute atomic E-state index is 13.5. The molecule has 0 unspecified atom stereocenters. The molecule has 2 rings (SSSR count). The highest BCUT2D eigenvalue weighted by molar-refractivity contribution is 5.82. The molecule has 1 atom stereocenters. The number of hydrogen-bond donors (Lipinski definition) is 0. The van der Waals surface area contributed by atoms with Crippen LogP contribution in [0.4, 0.5) is 22.0 Å². The van der Waals surface area contributed by atoms with Crippen molar-refractivity contribution in [1.29, 1.82) is 0 Å². The molecule has 0 fully saturated rings. The maximum atomic E-state index is 13.5. The van der Waals surface area contributed by atoms with Crippen LogP contribution in [-0.4, -0.2) is 35.6 Å². The van der Waals surface area contributed by atoms with Crippen LogP contribution >= 0.6 is 0 Å².